The molecule has 1 fully saturated rings. The number of sulfone groups is 1. The topological polar surface area (TPSA) is 142 Å². The minimum Gasteiger partial charge on any atom is -0.489 e. The molecule has 0 aliphatic heterocycles. The summed E-state index contributed by atoms with van der Waals surface area (Å²) in [6, 6.07) is 19.9. The first-order valence-electron chi connectivity index (χ1n) is 15.9. The summed E-state index contributed by atoms with van der Waals surface area (Å²) in [6.07, 6.45) is 0.686. The first-order valence-corrected chi connectivity index (χ1v) is 21.1. The summed E-state index contributed by atoms with van der Waals surface area (Å²) in [5, 5.41) is 22.0. The molecule has 1 aliphatic carbocycles. The summed E-state index contributed by atoms with van der Waals surface area (Å²) in [7, 11) is -5.11. The minimum atomic E-state index is -3.59. The highest BCUT2D eigenvalue weighted by Crippen LogP contribution is 2.36. The van der Waals surface area contributed by atoms with Gasteiger partial charge in [0.15, 0.2) is 9.84 Å². The Morgan fingerprint density at radius 1 is 1.04 bits per heavy atom. The molecule has 1 saturated carbocycles. The van der Waals surface area contributed by atoms with Gasteiger partial charge in [0.1, 0.15) is 12.4 Å². The quantitative estimate of drug-likeness (QED) is 0.192. The van der Waals surface area contributed by atoms with Crippen LogP contribution in [-0.4, -0.2) is 69.5 Å². The molecule has 0 bridgehead atoms. The van der Waals surface area contributed by atoms with E-state index in [2.05, 4.69) is 25.0 Å². The lowest BCUT2D eigenvalue weighted by atomic mass is 9.78. The highest BCUT2D eigenvalue weighted by Gasteiger charge is 2.38. The van der Waals surface area contributed by atoms with E-state index in [1.807, 2.05) is 37.3 Å². The Balaban J connectivity index is 1.50. The lowest BCUT2D eigenvalue weighted by Crippen LogP contribution is -2.30. The molecule has 0 aromatic heterocycles. The van der Waals surface area contributed by atoms with E-state index in [1.165, 1.54) is 11.0 Å². The van der Waals surface area contributed by atoms with Gasteiger partial charge in [-0.15, -0.1) is 0 Å². The average molecular weight is 681 g/mol. The average Bonchev–Trinajstić information content (AvgIpc) is 3.86. The fourth-order valence-electron chi connectivity index (χ4n) is 5.07. The van der Waals surface area contributed by atoms with Gasteiger partial charge >= 0.3 is 13.2 Å². The number of nitrogens with one attached hydrogen (secondary N) is 1. The van der Waals surface area contributed by atoms with Crippen molar-refractivity contribution in [3.63, 3.8) is 0 Å². The van der Waals surface area contributed by atoms with Crippen LogP contribution in [-0.2, 0) is 32.5 Å². The number of ether oxygens (including phenoxy) is 2. The van der Waals surface area contributed by atoms with Crippen LogP contribution in [0.15, 0.2) is 71.6 Å². The summed E-state index contributed by atoms with van der Waals surface area (Å²) in [4.78, 5) is 27.5. The molecular weight excluding hydrogens is 635 g/mol. The predicted octanol–water partition coefficient (Wildman–Crippen LogP) is 4.92. The Hall–Kier alpha value is -3.65. The van der Waals surface area contributed by atoms with Gasteiger partial charge in [0.25, 0.3) is 0 Å². The molecule has 1 atom stereocenters. The fourth-order valence-corrected chi connectivity index (χ4v) is 7.65. The molecule has 3 aromatic rings. The van der Waals surface area contributed by atoms with Gasteiger partial charge < -0.3 is 29.7 Å². The molecule has 0 radical (unpaired) electrons. The molecular formula is C34H45BN2O8SSi. The highest BCUT2D eigenvalue weighted by molar-refractivity contribution is 7.92. The first kappa shape index (κ1) is 36.2. The van der Waals surface area contributed by atoms with E-state index in [4.69, 9.17) is 9.47 Å². The van der Waals surface area contributed by atoms with Crippen molar-refractivity contribution in [2.75, 3.05) is 19.0 Å². The van der Waals surface area contributed by atoms with Crippen LogP contribution in [0.4, 0.5) is 10.5 Å². The van der Waals surface area contributed by atoms with Crippen molar-refractivity contribution in [2.45, 2.75) is 81.1 Å². The molecule has 2 amide bonds. The molecule has 0 unspecified atom stereocenters. The van der Waals surface area contributed by atoms with Crippen LogP contribution in [0.1, 0.15) is 48.8 Å². The van der Waals surface area contributed by atoms with Crippen LogP contribution >= 0.6 is 0 Å². The zero-order valence-corrected chi connectivity index (χ0v) is 29.5. The molecule has 252 valence electrons. The molecule has 47 heavy (non-hydrogen) atoms. The number of amides is 2. The SMILES string of the molecule is C[C@H](CC(=O)Nc1ccc(S(=O)(=O)C2CC2)c(CN(C)C(=O)OCC[Si](C)(C)C)c1)c1cc(B(O)O)ccc1OCc1ccccc1. The third-order valence-corrected chi connectivity index (χ3v) is 12.1. The number of hydrogen-bond acceptors (Lipinski definition) is 8. The van der Waals surface area contributed by atoms with Gasteiger partial charge in [-0.1, -0.05) is 69.0 Å². The van der Waals surface area contributed by atoms with E-state index in [9.17, 15) is 28.1 Å². The molecule has 3 N–H and O–H groups in total. The Labute approximate surface area is 279 Å². The van der Waals surface area contributed by atoms with Gasteiger partial charge in [0.2, 0.25) is 5.91 Å². The van der Waals surface area contributed by atoms with Crippen LogP contribution in [0.25, 0.3) is 0 Å². The van der Waals surface area contributed by atoms with Gasteiger partial charge in [-0.25, -0.2) is 13.2 Å². The zero-order valence-electron chi connectivity index (χ0n) is 27.7. The number of nitrogens with zero attached hydrogens (tertiary/aromatic N) is 1. The number of carbonyl (C=O) groups excluding carboxylic acids is 2. The number of rotatable bonds is 15. The maximum Gasteiger partial charge on any atom is 0.488 e. The third kappa shape index (κ3) is 10.4. The Morgan fingerprint density at radius 3 is 2.38 bits per heavy atom. The lowest BCUT2D eigenvalue weighted by Gasteiger charge is -2.21. The first-order chi connectivity index (χ1) is 22.1. The number of benzene rings is 3. The molecule has 0 spiro atoms. The van der Waals surface area contributed by atoms with Gasteiger partial charge in [-0.2, -0.15) is 0 Å². The Bertz CT molecular complexity index is 1660. The molecule has 0 heterocycles. The van der Waals surface area contributed by atoms with E-state index in [1.54, 1.807) is 37.4 Å². The standard InChI is InChI=1S/C34H45BN2O8SSi/c1-24(30-21-27(35(40)41)11-15-31(30)45-23-25-9-7-6-8-10-25)19-33(38)36-28-12-16-32(46(42,43)29-13-14-29)26(20-28)22-37(2)34(39)44-17-18-47(3,4)5/h6-12,15-16,20-21,24,29,40-41H,13-14,17-19,22-23H2,1-5H3,(H,36,38)/t24-/m1/s1. The summed E-state index contributed by atoms with van der Waals surface area (Å²) in [5.74, 6) is -0.176. The number of anilines is 1. The minimum absolute atomic E-state index is 0.00837. The van der Waals surface area contributed by atoms with Crippen molar-refractivity contribution in [3.05, 3.63) is 83.4 Å². The van der Waals surface area contributed by atoms with Gasteiger partial charge in [-0.3, -0.25) is 4.79 Å². The van der Waals surface area contributed by atoms with Crippen molar-refractivity contribution in [2.24, 2.45) is 0 Å². The van der Waals surface area contributed by atoms with E-state index in [0.717, 1.165) is 11.6 Å². The second-order valence-electron chi connectivity index (χ2n) is 13.4. The van der Waals surface area contributed by atoms with E-state index in [0.29, 0.717) is 48.6 Å². The molecule has 1 aliphatic rings. The monoisotopic (exact) mass is 680 g/mol. The fraction of sp³-hybridized carbons (Fsp3) is 0.412. The molecule has 4 rings (SSSR count). The van der Waals surface area contributed by atoms with Crippen LogP contribution in [0.2, 0.25) is 25.7 Å². The Morgan fingerprint density at radius 2 is 1.74 bits per heavy atom. The smallest absolute Gasteiger partial charge is 0.488 e. The van der Waals surface area contributed by atoms with Crippen molar-refractivity contribution in [1.82, 2.24) is 4.90 Å². The summed E-state index contributed by atoms with van der Waals surface area (Å²) >= 11 is 0. The maximum absolute atomic E-state index is 13.3. The second-order valence-corrected chi connectivity index (χ2v) is 21.3. The third-order valence-electron chi connectivity index (χ3n) is 8.00. The number of hydrogen-bond donors (Lipinski definition) is 3. The van der Waals surface area contributed by atoms with Crippen LogP contribution in [0.5, 0.6) is 5.75 Å². The van der Waals surface area contributed by atoms with Crippen molar-refractivity contribution in [3.8, 4) is 5.75 Å². The summed E-state index contributed by atoms with van der Waals surface area (Å²) < 4.78 is 38.1. The zero-order chi connectivity index (χ0) is 34.4. The summed E-state index contributed by atoms with van der Waals surface area (Å²) in [6.45, 7) is 9.01. The molecule has 3 aromatic carbocycles. The lowest BCUT2D eigenvalue weighted by molar-refractivity contribution is -0.116. The van der Waals surface area contributed by atoms with Crippen LogP contribution < -0.4 is 15.5 Å². The summed E-state index contributed by atoms with van der Waals surface area (Å²) in [5.41, 5.74) is 2.67. The Kier molecular flexibility index (Phi) is 11.9. The maximum atomic E-state index is 13.3. The van der Waals surface area contributed by atoms with E-state index in [-0.39, 0.29) is 35.1 Å². The molecule has 13 heteroatoms. The normalized spacial score (nSPS) is 13.9. The molecule has 0 saturated heterocycles. The van der Waals surface area contributed by atoms with Gasteiger partial charge in [0.05, 0.1) is 23.3 Å². The largest absolute Gasteiger partial charge is 0.489 e. The van der Waals surface area contributed by atoms with E-state index < -0.39 is 36.4 Å². The van der Waals surface area contributed by atoms with Crippen LogP contribution in [0.3, 0.4) is 0 Å². The van der Waals surface area contributed by atoms with Crippen molar-refractivity contribution in [1.29, 1.82) is 0 Å². The van der Waals surface area contributed by atoms with Crippen molar-refractivity contribution >= 4 is 48.2 Å². The van der Waals surface area contributed by atoms with Crippen molar-refractivity contribution < 1.29 is 37.5 Å². The highest BCUT2D eigenvalue weighted by atomic mass is 32.2. The number of carbonyl (C=O) groups is 2. The van der Waals surface area contributed by atoms with Gasteiger partial charge in [-0.05, 0) is 71.2 Å². The predicted molar refractivity (Wildman–Crippen MR) is 186 cm³/mol. The van der Waals surface area contributed by atoms with E-state index >= 15 is 0 Å². The second kappa shape index (κ2) is 15.5. The molecule has 10 nitrogen and oxygen atoms in total. The van der Waals surface area contributed by atoms with Gasteiger partial charge in [0, 0.05) is 27.2 Å². The van der Waals surface area contributed by atoms with Crippen LogP contribution in [0, 0.1) is 0 Å².